The van der Waals surface area contributed by atoms with Gasteiger partial charge in [-0.3, -0.25) is 0 Å². The van der Waals surface area contributed by atoms with Crippen molar-refractivity contribution in [3.8, 4) is 5.75 Å². The van der Waals surface area contributed by atoms with E-state index in [1.807, 2.05) is 26.0 Å². The van der Waals surface area contributed by atoms with Gasteiger partial charge in [-0.15, -0.1) is 0 Å². The first-order chi connectivity index (χ1) is 9.77. The van der Waals surface area contributed by atoms with Crippen LogP contribution in [-0.4, -0.2) is 17.3 Å². The number of benzene rings is 1. The largest absolute Gasteiger partial charge is 0.508 e. The second kappa shape index (κ2) is 6.26. The summed E-state index contributed by atoms with van der Waals surface area (Å²) in [6.45, 7) is 3.76. The van der Waals surface area contributed by atoms with Crippen LogP contribution in [0, 0.1) is 12.8 Å². The molecule has 3 atom stereocenters. The zero-order chi connectivity index (χ0) is 15.6. The van der Waals surface area contributed by atoms with Crippen molar-refractivity contribution < 1.29 is 18.3 Å². The van der Waals surface area contributed by atoms with Gasteiger partial charge in [0.1, 0.15) is 5.75 Å². The van der Waals surface area contributed by atoms with Crippen molar-refractivity contribution in [3.63, 3.8) is 0 Å². The zero-order valence-corrected chi connectivity index (χ0v) is 12.4. The Morgan fingerprint density at radius 3 is 2.62 bits per heavy atom. The molecule has 1 aromatic rings. The van der Waals surface area contributed by atoms with E-state index in [0.717, 1.165) is 17.5 Å². The van der Waals surface area contributed by atoms with Crippen LogP contribution in [0.2, 0.25) is 0 Å². The summed E-state index contributed by atoms with van der Waals surface area (Å²) in [5, 5.41) is 13.2. The fraction of sp³-hybridized carbons (Fsp3) is 0.625. The molecule has 0 aliphatic heterocycles. The molecule has 1 aliphatic carbocycles. The van der Waals surface area contributed by atoms with Gasteiger partial charge < -0.3 is 10.4 Å². The van der Waals surface area contributed by atoms with Gasteiger partial charge in [-0.25, -0.2) is 0 Å². The molecule has 1 aromatic carbocycles. The van der Waals surface area contributed by atoms with Crippen molar-refractivity contribution in [1.82, 2.24) is 5.32 Å². The van der Waals surface area contributed by atoms with Crippen LogP contribution in [-0.2, 0) is 0 Å². The number of aromatic hydroxyl groups is 1. The molecule has 1 fully saturated rings. The number of nitrogens with one attached hydrogen (secondary N) is 1. The number of aryl methyl sites for hydroxylation is 1. The van der Waals surface area contributed by atoms with E-state index >= 15 is 0 Å². The first-order valence-corrected chi connectivity index (χ1v) is 7.39. The van der Waals surface area contributed by atoms with Crippen LogP contribution in [0.3, 0.4) is 0 Å². The average Bonchev–Trinajstić information content (AvgIpc) is 2.37. The SMILES string of the molecule is Cc1ccc(C(C)NC2CCCC(C(F)(F)F)C2)c(O)c1. The van der Waals surface area contributed by atoms with E-state index in [0.29, 0.717) is 6.42 Å². The zero-order valence-electron chi connectivity index (χ0n) is 12.4. The predicted octanol–water partition coefficient (Wildman–Crippen LogP) is 4.47. The fourth-order valence-corrected chi connectivity index (χ4v) is 3.10. The van der Waals surface area contributed by atoms with Crippen LogP contribution in [0.4, 0.5) is 13.2 Å². The lowest BCUT2D eigenvalue weighted by molar-refractivity contribution is -0.183. The van der Waals surface area contributed by atoms with Crippen molar-refractivity contribution in [2.24, 2.45) is 5.92 Å². The smallest absolute Gasteiger partial charge is 0.391 e. The number of halogens is 3. The highest BCUT2D eigenvalue weighted by Gasteiger charge is 2.42. The van der Waals surface area contributed by atoms with E-state index in [2.05, 4.69) is 5.32 Å². The number of hydrogen-bond donors (Lipinski definition) is 2. The molecule has 0 radical (unpaired) electrons. The molecule has 2 rings (SSSR count). The van der Waals surface area contributed by atoms with Gasteiger partial charge >= 0.3 is 6.18 Å². The summed E-state index contributed by atoms with van der Waals surface area (Å²) >= 11 is 0. The van der Waals surface area contributed by atoms with E-state index in [-0.39, 0.29) is 30.7 Å². The monoisotopic (exact) mass is 301 g/mol. The minimum Gasteiger partial charge on any atom is -0.508 e. The quantitative estimate of drug-likeness (QED) is 0.863. The van der Waals surface area contributed by atoms with E-state index in [1.165, 1.54) is 0 Å². The van der Waals surface area contributed by atoms with Gasteiger partial charge in [-0.2, -0.15) is 13.2 Å². The first kappa shape index (κ1) is 16.1. The van der Waals surface area contributed by atoms with Crippen molar-refractivity contribution in [1.29, 1.82) is 0 Å². The molecule has 0 bridgehead atoms. The number of phenols is 1. The summed E-state index contributed by atoms with van der Waals surface area (Å²) in [7, 11) is 0. The molecule has 1 aliphatic rings. The molecule has 118 valence electrons. The third kappa shape index (κ3) is 4.13. The van der Waals surface area contributed by atoms with Gasteiger partial charge in [0.15, 0.2) is 0 Å². The van der Waals surface area contributed by atoms with Gasteiger partial charge in [0, 0.05) is 17.6 Å². The van der Waals surface area contributed by atoms with Gasteiger partial charge in [-0.1, -0.05) is 18.6 Å². The first-order valence-electron chi connectivity index (χ1n) is 7.39. The summed E-state index contributed by atoms with van der Waals surface area (Å²) in [5.41, 5.74) is 1.69. The number of phenolic OH excluding ortho intramolecular Hbond substituents is 1. The molecule has 5 heteroatoms. The molecular formula is C16H22F3NO. The van der Waals surface area contributed by atoms with Crippen molar-refractivity contribution in [2.45, 2.75) is 57.8 Å². The van der Waals surface area contributed by atoms with E-state index in [1.54, 1.807) is 6.07 Å². The molecule has 1 saturated carbocycles. The Labute approximate surface area is 123 Å². The lowest BCUT2D eigenvalue weighted by Gasteiger charge is -2.33. The third-order valence-electron chi connectivity index (χ3n) is 4.28. The van der Waals surface area contributed by atoms with Crippen molar-refractivity contribution >= 4 is 0 Å². The Morgan fingerprint density at radius 1 is 1.29 bits per heavy atom. The maximum atomic E-state index is 12.8. The maximum Gasteiger partial charge on any atom is 0.391 e. The minimum absolute atomic E-state index is 0.125. The second-order valence-electron chi connectivity index (χ2n) is 6.05. The van der Waals surface area contributed by atoms with Crippen molar-refractivity contribution in [2.75, 3.05) is 0 Å². The van der Waals surface area contributed by atoms with Crippen LogP contribution in [0.25, 0.3) is 0 Å². The van der Waals surface area contributed by atoms with Gasteiger partial charge in [0.2, 0.25) is 0 Å². The fourth-order valence-electron chi connectivity index (χ4n) is 3.10. The topological polar surface area (TPSA) is 32.3 Å². The standard InChI is InChI=1S/C16H22F3NO/c1-10-6-7-14(15(21)8-10)11(2)20-13-5-3-4-12(9-13)16(17,18)19/h6-8,11-13,20-21H,3-5,9H2,1-2H3. The van der Waals surface area contributed by atoms with Crippen LogP contribution in [0.5, 0.6) is 5.75 Å². The molecular weight excluding hydrogens is 279 g/mol. The summed E-state index contributed by atoms with van der Waals surface area (Å²) in [6.07, 6.45) is -2.40. The highest BCUT2D eigenvalue weighted by Crippen LogP contribution is 2.38. The Morgan fingerprint density at radius 2 is 2.00 bits per heavy atom. The third-order valence-corrected chi connectivity index (χ3v) is 4.28. The Kier molecular flexibility index (Phi) is 4.81. The Bertz CT molecular complexity index is 487. The van der Waals surface area contributed by atoms with Gasteiger partial charge in [0.25, 0.3) is 0 Å². The molecule has 2 N–H and O–H groups in total. The molecule has 0 heterocycles. The summed E-state index contributed by atoms with van der Waals surface area (Å²) < 4.78 is 38.4. The highest BCUT2D eigenvalue weighted by atomic mass is 19.4. The van der Waals surface area contributed by atoms with Crippen LogP contribution < -0.4 is 5.32 Å². The predicted molar refractivity (Wildman–Crippen MR) is 76.2 cm³/mol. The Hall–Kier alpha value is -1.23. The lowest BCUT2D eigenvalue weighted by Crippen LogP contribution is -2.39. The van der Waals surface area contributed by atoms with Gasteiger partial charge in [-0.05, 0) is 44.7 Å². The van der Waals surface area contributed by atoms with E-state index in [9.17, 15) is 18.3 Å². The molecule has 0 amide bonds. The van der Waals surface area contributed by atoms with Crippen LogP contribution in [0.15, 0.2) is 18.2 Å². The molecule has 0 saturated heterocycles. The van der Waals surface area contributed by atoms with Crippen LogP contribution in [0.1, 0.15) is 49.8 Å². The average molecular weight is 301 g/mol. The minimum atomic E-state index is -4.10. The van der Waals surface area contributed by atoms with E-state index < -0.39 is 12.1 Å². The number of rotatable bonds is 3. The van der Waals surface area contributed by atoms with Gasteiger partial charge in [0.05, 0.1) is 5.92 Å². The molecule has 0 aromatic heterocycles. The molecule has 0 spiro atoms. The number of alkyl halides is 3. The van der Waals surface area contributed by atoms with Crippen molar-refractivity contribution in [3.05, 3.63) is 29.3 Å². The summed E-state index contributed by atoms with van der Waals surface area (Å²) in [6, 6.07) is 5.08. The Balaban J connectivity index is 2.00. The normalized spacial score (nSPS) is 24.8. The van der Waals surface area contributed by atoms with E-state index in [4.69, 9.17) is 0 Å². The van der Waals surface area contributed by atoms with Crippen LogP contribution >= 0.6 is 0 Å². The number of hydrogen-bond acceptors (Lipinski definition) is 2. The molecule has 2 nitrogen and oxygen atoms in total. The molecule has 3 unspecified atom stereocenters. The summed E-state index contributed by atoms with van der Waals surface area (Å²) in [4.78, 5) is 0. The lowest BCUT2D eigenvalue weighted by atomic mass is 9.84. The highest BCUT2D eigenvalue weighted by molar-refractivity contribution is 5.37. The maximum absolute atomic E-state index is 12.8. The second-order valence-corrected chi connectivity index (χ2v) is 6.05. The summed E-state index contributed by atoms with van der Waals surface area (Å²) in [5.74, 6) is -1.01. The molecule has 21 heavy (non-hydrogen) atoms.